The molecule has 0 aliphatic heterocycles. The van der Waals surface area contributed by atoms with Gasteiger partial charge in [0.15, 0.2) is 6.29 Å². The second kappa shape index (κ2) is 5.76. The molecule has 1 aromatic carbocycles. The lowest BCUT2D eigenvalue weighted by atomic mass is 10.1. The molecule has 1 aromatic heterocycles. The number of nitrogens with zero attached hydrogens (tertiary/aromatic N) is 2. The highest BCUT2D eigenvalue weighted by atomic mass is 35.5. The number of aldehydes is 1. The van der Waals surface area contributed by atoms with Crippen molar-refractivity contribution in [2.45, 2.75) is 26.3 Å². The molecule has 5 heteroatoms. The topological polar surface area (TPSA) is 34.9 Å². The maximum Gasteiger partial charge on any atom is 0.153 e. The molecule has 0 fully saturated rings. The fourth-order valence-electron chi connectivity index (χ4n) is 1.77. The van der Waals surface area contributed by atoms with Crippen molar-refractivity contribution in [3.8, 4) is 11.3 Å². The van der Waals surface area contributed by atoms with Crippen LogP contribution in [0.4, 0.5) is 0 Å². The van der Waals surface area contributed by atoms with E-state index in [0.717, 1.165) is 18.3 Å². The number of rotatable bonds is 4. The minimum Gasteiger partial charge on any atom is -0.298 e. The largest absolute Gasteiger partial charge is 0.298 e. The van der Waals surface area contributed by atoms with Crippen molar-refractivity contribution in [2.24, 2.45) is 0 Å². The van der Waals surface area contributed by atoms with E-state index in [-0.39, 0.29) is 6.04 Å². The Hall–Kier alpha value is -1.32. The van der Waals surface area contributed by atoms with Gasteiger partial charge in [-0.25, -0.2) is 0 Å². The molecule has 0 aliphatic rings. The summed E-state index contributed by atoms with van der Waals surface area (Å²) in [6.45, 7) is 4.13. The summed E-state index contributed by atoms with van der Waals surface area (Å²) in [7, 11) is 0. The van der Waals surface area contributed by atoms with Crippen molar-refractivity contribution < 1.29 is 4.79 Å². The highest BCUT2D eigenvalue weighted by molar-refractivity contribution is 6.42. The van der Waals surface area contributed by atoms with Gasteiger partial charge in [-0.05, 0) is 25.5 Å². The van der Waals surface area contributed by atoms with Crippen LogP contribution < -0.4 is 0 Å². The van der Waals surface area contributed by atoms with E-state index in [1.54, 1.807) is 18.3 Å². The molecule has 0 saturated heterocycles. The van der Waals surface area contributed by atoms with Crippen LogP contribution in [0.5, 0.6) is 0 Å². The van der Waals surface area contributed by atoms with Crippen LogP contribution in [0.3, 0.4) is 0 Å². The molecule has 0 amide bonds. The number of hydrogen-bond donors (Lipinski definition) is 0. The molecule has 2 rings (SSSR count). The molecule has 1 heterocycles. The van der Waals surface area contributed by atoms with Crippen molar-refractivity contribution in [3.05, 3.63) is 40.0 Å². The first-order valence-corrected chi connectivity index (χ1v) is 6.82. The average molecular weight is 297 g/mol. The first-order chi connectivity index (χ1) is 9.06. The monoisotopic (exact) mass is 296 g/mol. The molecule has 0 spiro atoms. The molecule has 0 radical (unpaired) electrons. The van der Waals surface area contributed by atoms with E-state index in [9.17, 15) is 4.79 Å². The summed E-state index contributed by atoms with van der Waals surface area (Å²) in [5.41, 5.74) is 1.98. The summed E-state index contributed by atoms with van der Waals surface area (Å²) in [5, 5.41) is 5.41. The van der Waals surface area contributed by atoms with Gasteiger partial charge >= 0.3 is 0 Å². The summed E-state index contributed by atoms with van der Waals surface area (Å²) >= 11 is 11.9. The fourth-order valence-corrected chi connectivity index (χ4v) is 2.07. The standard InChI is InChI=1S/C14H14Cl2N2O/c1-3-9(2)18-7-11(8-19)14(17-18)10-4-5-12(15)13(16)6-10/h4-9H,3H2,1-2H3. The minimum atomic E-state index is 0.246. The summed E-state index contributed by atoms with van der Waals surface area (Å²) < 4.78 is 1.81. The third-order valence-electron chi connectivity index (χ3n) is 3.12. The van der Waals surface area contributed by atoms with E-state index >= 15 is 0 Å². The van der Waals surface area contributed by atoms with Crippen molar-refractivity contribution in [3.63, 3.8) is 0 Å². The molecule has 1 atom stereocenters. The van der Waals surface area contributed by atoms with Crippen molar-refractivity contribution >= 4 is 29.5 Å². The van der Waals surface area contributed by atoms with Crippen LogP contribution in [0.2, 0.25) is 10.0 Å². The molecule has 1 unspecified atom stereocenters. The number of aromatic nitrogens is 2. The molecule has 0 N–H and O–H groups in total. The van der Waals surface area contributed by atoms with Crippen LogP contribution >= 0.6 is 23.2 Å². The van der Waals surface area contributed by atoms with Crippen molar-refractivity contribution in [2.75, 3.05) is 0 Å². The molecule has 100 valence electrons. The van der Waals surface area contributed by atoms with E-state index in [1.165, 1.54) is 0 Å². The predicted octanol–water partition coefficient (Wildman–Crippen LogP) is 4.64. The van der Waals surface area contributed by atoms with Gasteiger partial charge in [-0.2, -0.15) is 5.10 Å². The van der Waals surface area contributed by atoms with Gasteiger partial charge in [0, 0.05) is 17.8 Å². The van der Waals surface area contributed by atoms with Gasteiger partial charge in [0.1, 0.15) is 5.69 Å². The van der Waals surface area contributed by atoms with E-state index in [4.69, 9.17) is 23.2 Å². The maximum atomic E-state index is 11.2. The highest BCUT2D eigenvalue weighted by Crippen LogP contribution is 2.29. The smallest absolute Gasteiger partial charge is 0.153 e. The summed E-state index contributed by atoms with van der Waals surface area (Å²) in [6.07, 6.45) is 3.52. The van der Waals surface area contributed by atoms with E-state index in [2.05, 4.69) is 18.9 Å². The zero-order valence-corrected chi connectivity index (χ0v) is 12.2. The van der Waals surface area contributed by atoms with Crippen LogP contribution in [0, 0.1) is 0 Å². The summed E-state index contributed by atoms with van der Waals surface area (Å²) in [4.78, 5) is 11.2. The average Bonchev–Trinajstić information content (AvgIpc) is 2.85. The Morgan fingerprint density at radius 1 is 1.37 bits per heavy atom. The van der Waals surface area contributed by atoms with Crippen LogP contribution in [-0.2, 0) is 0 Å². The van der Waals surface area contributed by atoms with E-state index in [1.807, 2.05) is 10.7 Å². The molecule has 3 nitrogen and oxygen atoms in total. The molecular formula is C14H14Cl2N2O. The van der Waals surface area contributed by atoms with E-state index in [0.29, 0.717) is 21.3 Å². The number of carbonyl (C=O) groups is 1. The SMILES string of the molecule is CCC(C)n1cc(C=O)c(-c2ccc(Cl)c(Cl)c2)n1. The zero-order chi connectivity index (χ0) is 14.0. The Kier molecular flexibility index (Phi) is 4.27. The number of hydrogen-bond acceptors (Lipinski definition) is 2. The second-order valence-electron chi connectivity index (χ2n) is 4.42. The van der Waals surface area contributed by atoms with Gasteiger partial charge < -0.3 is 0 Å². The van der Waals surface area contributed by atoms with Gasteiger partial charge in [0.05, 0.1) is 15.6 Å². The Labute approximate surface area is 122 Å². The Balaban J connectivity index is 2.51. The minimum absolute atomic E-state index is 0.246. The Morgan fingerprint density at radius 3 is 2.68 bits per heavy atom. The normalized spacial score (nSPS) is 12.4. The summed E-state index contributed by atoms with van der Waals surface area (Å²) in [5.74, 6) is 0. The first-order valence-electron chi connectivity index (χ1n) is 6.06. The van der Waals surface area contributed by atoms with Crippen LogP contribution in [0.15, 0.2) is 24.4 Å². The third kappa shape index (κ3) is 2.82. The summed E-state index contributed by atoms with van der Waals surface area (Å²) in [6, 6.07) is 5.48. The zero-order valence-electron chi connectivity index (χ0n) is 10.7. The lowest BCUT2D eigenvalue weighted by Gasteiger charge is -2.08. The lowest BCUT2D eigenvalue weighted by molar-refractivity contribution is 0.112. The molecule has 0 aliphatic carbocycles. The lowest BCUT2D eigenvalue weighted by Crippen LogP contribution is -2.04. The quantitative estimate of drug-likeness (QED) is 0.770. The van der Waals surface area contributed by atoms with Crippen LogP contribution in [0.25, 0.3) is 11.3 Å². The maximum absolute atomic E-state index is 11.2. The van der Waals surface area contributed by atoms with Crippen molar-refractivity contribution in [1.82, 2.24) is 9.78 Å². The molecule has 19 heavy (non-hydrogen) atoms. The second-order valence-corrected chi connectivity index (χ2v) is 5.23. The fraction of sp³-hybridized carbons (Fsp3) is 0.286. The van der Waals surface area contributed by atoms with Crippen LogP contribution in [0.1, 0.15) is 36.7 Å². The molecule has 2 aromatic rings. The molecule has 0 saturated carbocycles. The van der Waals surface area contributed by atoms with Gasteiger partial charge in [0.25, 0.3) is 0 Å². The Morgan fingerprint density at radius 2 is 2.11 bits per heavy atom. The molecular weight excluding hydrogens is 283 g/mol. The number of halogens is 2. The number of carbonyl (C=O) groups excluding carboxylic acids is 1. The molecule has 0 bridgehead atoms. The predicted molar refractivity (Wildman–Crippen MR) is 78.1 cm³/mol. The first kappa shape index (κ1) is 14.1. The van der Waals surface area contributed by atoms with Gasteiger partial charge in [-0.1, -0.05) is 36.2 Å². The van der Waals surface area contributed by atoms with Crippen molar-refractivity contribution in [1.29, 1.82) is 0 Å². The third-order valence-corrected chi connectivity index (χ3v) is 3.86. The van der Waals surface area contributed by atoms with Gasteiger partial charge in [-0.3, -0.25) is 9.48 Å². The highest BCUT2D eigenvalue weighted by Gasteiger charge is 2.14. The number of benzene rings is 1. The van der Waals surface area contributed by atoms with Crippen LogP contribution in [-0.4, -0.2) is 16.1 Å². The van der Waals surface area contributed by atoms with E-state index < -0.39 is 0 Å². The van der Waals surface area contributed by atoms with Gasteiger partial charge in [0.2, 0.25) is 0 Å². The van der Waals surface area contributed by atoms with Gasteiger partial charge in [-0.15, -0.1) is 0 Å². The Bertz CT molecular complexity index is 607.